The van der Waals surface area contributed by atoms with E-state index in [0.717, 1.165) is 21.3 Å². The van der Waals surface area contributed by atoms with E-state index in [-0.39, 0.29) is 16.3 Å². The highest BCUT2D eigenvalue weighted by Gasteiger charge is 2.28. The number of thiophene rings is 1. The fourth-order valence-electron chi connectivity index (χ4n) is 1.92. The summed E-state index contributed by atoms with van der Waals surface area (Å²) >= 11 is 0.895. The van der Waals surface area contributed by atoms with Gasteiger partial charge in [-0.3, -0.25) is 4.68 Å². The molecule has 7 nitrogen and oxygen atoms in total. The molecule has 0 saturated heterocycles. The maximum Gasteiger partial charge on any atom is 0.347 e. The molecule has 0 fully saturated rings. The highest BCUT2D eigenvalue weighted by atomic mass is 32.2. The molecule has 0 aliphatic carbocycles. The van der Waals surface area contributed by atoms with Crippen LogP contribution in [0.2, 0.25) is 0 Å². The Kier molecular flexibility index (Phi) is 4.45. The Labute approximate surface area is 126 Å². The predicted octanol–water partition coefficient (Wildman–Crippen LogP) is 1.48. The van der Waals surface area contributed by atoms with E-state index in [1.165, 1.54) is 18.5 Å². The van der Waals surface area contributed by atoms with Crippen LogP contribution in [-0.2, 0) is 23.1 Å². The number of hydrogen-bond acceptors (Lipinski definition) is 5. The van der Waals surface area contributed by atoms with Gasteiger partial charge < -0.3 is 5.11 Å². The van der Waals surface area contributed by atoms with Gasteiger partial charge >= 0.3 is 5.97 Å². The van der Waals surface area contributed by atoms with Crippen LogP contribution in [0.15, 0.2) is 28.6 Å². The molecule has 2 aromatic heterocycles. The number of nitrogens with zero attached hydrogens (tertiary/aromatic N) is 3. The number of carbonyl (C=O) groups is 1. The van der Waals surface area contributed by atoms with E-state index >= 15 is 0 Å². The van der Waals surface area contributed by atoms with E-state index in [0.29, 0.717) is 6.54 Å². The second-order valence-electron chi connectivity index (χ2n) is 4.32. The van der Waals surface area contributed by atoms with Crippen LogP contribution in [0.1, 0.15) is 22.3 Å². The van der Waals surface area contributed by atoms with E-state index in [9.17, 15) is 13.2 Å². The maximum atomic E-state index is 12.5. The Bertz CT molecular complexity index is 748. The van der Waals surface area contributed by atoms with Gasteiger partial charge in [0.1, 0.15) is 9.77 Å². The average molecular weight is 329 g/mol. The van der Waals surface area contributed by atoms with Gasteiger partial charge in [-0.15, -0.1) is 11.3 Å². The summed E-state index contributed by atoms with van der Waals surface area (Å²) in [5.41, 5.74) is 0.746. The van der Waals surface area contributed by atoms with Crippen LogP contribution < -0.4 is 0 Å². The minimum atomic E-state index is -3.85. The summed E-state index contributed by atoms with van der Waals surface area (Å²) < 4.78 is 27.8. The summed E-state index contributed by atoms with van der Waals surface area (Å²) in [6.45, 7) is 2.67. The molecule has 114 valence electrons. The van der Waals surface area contributed by atoms with E-state index < -0.39 is 16.0 Å². The molecular weight excluding hydrogens is 314 g/mol. The minimum Gasteiger partial charge on any atom is -0.477 e. The molecule has 0 aliphatic rings. The van der Waals surface area contributed by atoms with Gasteiger partial charge in [-0.25, -0.2) is 13.2 Å². The Balaban J connectivity index is 2.31. The minimum absolute atomic E-state index is 0.130. The largest absolute Gasteiger partial charge is 0.477 e. The molecule has 2 aromatic rings. The summed E-state index contributed by atoms with van der Waals surface area (Å²) in [6.07, 6.45) is 1.60. The molecule has 0 atom stereocenters. The summed E-state index contributed by atoms with van der Waals surface area (Å²) in [7, 11) is -2.43. The number of hydrogen-bond donors (Lipinski definition) is 1. The van der Waals surface area contributed by atoms with Crippen LogP contribution in [0.4, 0.5) is 0 Å². The molecule has 1 N–H and O–H groups in total. The number of aromatic carboxylic acids is 1. The quantitative estimate of drug-likeness (QED) is 0.866. The summed E-state index contributed by atoms with van der Waals surface area (Å²) in [6, 6.07) is 3.05. The van der Waals surface area contributed by atoms with Crippen molar-refractivity contribution in [2.24, 2.45) is 0 Å². The molecule has 0 amide bonds. The van der Waals surface area contributed by atoms with Crippen molar-refractivity contribution in [1.82, 2.24) is 14.1 Å². The molecule has 0 aliphatic heterocycles. The van der Waals surface area contributed by atoms with Crippen molar-refractivity contribution in [2.75, 3.05) is 7.05 Å². The van der Waals surface area contributed by atoms with Crippen molar-refractivity contribution in [2.45, 2.75) is 24.9 Å². The van der Waals surface area contributed by atoms with Gasteiger partial charge in [0.2, 0.25) is 10.0 Å². The second kappa shape index (κ2) is 5.96. The molecular formula is C12H15N3O4S2. The summed E-state index contributed by atoms with van der Waals surface area (Å²) in [5, 5.41) is 14.6. The zero-order valence-corrected chi connectivity index (χ0v) is 13.2. The zero-order valence-electron chi connectivity index (χ0n) is 11.6. The standard InChI is InChI=1S/C12H15N3O4S2/c1-3-15-9(4-6-13-15)8-14(2)21(18,19)10-5-7-20-11(10)12(16)17/h4-7H,3,8H2,1-2H3,(H,16,17). The smallest absolute Gasteiger partial charge is 0.347 e. The third-order valence-electron chi connectivity index (χ3n) is 3.00. The Morgan fingerprint density at radius 1 is 1.48 bits per heavy atom. The Morgan fingerprint density at radius 3 is 2.81 bits per heavy atom. The van der Waals surface area contributed by atoms with E-state index in [2.05, 4.69) is 5.10 Å². The van der Waals surface area contributed by atoms with E-state index in [1.54, 1.807) is 16.9 Å². The molecule has 0 aromatic carbocycles. The van der Waals surface area contributed by atoms with Gasteiger partial charge in [0.05, 0.1) is 12.2 Å². The van der Waals surface area contributed by atoms with Gasteiger partial charge in [0, 0.05) is 19.8 Å². The third kappa shape index (κ3) is 2.99. The van der Waals surface area contributed by atoms with E-state index in [4.69, 9.17) is 5.11 Å². The fraction of sp³-hybridized carbons (Fsp3) is 0.333. The molecule has 21 heavy (non-hydrogen) atoms. The van der Waals surface area contributed by atoms with Crippen molar-refractivity contribution in [3.05, 3.63) is 34.3 Å². The Morgan fingerprint density at radius 2 is 2.19 bits per heavy atom. The van der Waals surface area contributed by atoms with Crippen LogP contribution in [0, 0.1) is 0 Å². The molecule has 2 heterocycles. The number of aryl methyl sites for hydroxylation is 1. The maximum absolute atomic E-state index is 12.5. The Hall–Kier alpha value is -1.71. The molecule has 9 heteroatoms. The second-order valence-corrected chi connectivity index (χ2v) is 7.25. The van der Waals surface area contributed by atoms with Crippen LogP contribution in [0.25, 0.3) is 0 Å². The van der Waals surface area contributed by atoms with Crippen molar-refractivity contribution in [1.29, 1.82) is 0 Å². The lowest BCUT2D eigenvalue weighted by Gasteiger charge is -2.17. The zero-order chi connectivity index (χ0) is 15.6. The fourth-order valence-corrected chi connectivity index (χ4v) is 4.29. The molecule has 0 saturated carbocycles. The summed E-state index contributed by atoms with van der Waals surface area (Å²) in [4.78, 5) is 10.7. The predicted molar refractivity (Wildman–Crippen MR) is 77.8 cm³/mol. The van der Waals surface area contributed by atoms with Crippen molar-refractivity contribution >= 4 is 27.3 Å². The molecule has 0 unspecified atom stereocenters. The average Bonchev–Trinajstić information content (AvgIpc) is 3.06. The van der Waals surface area contributed by atoms with Crippen LogP contribution >= 0.6 is 11.3 Å². The van der Waals surface area contributed by atoms with E-state index in [1.807, 2.05) is 6.92 Å². The normalized spacial score (nSPS) is 12.0. The molecule has 0 bridgehead atoms. The van der Waals surface area contributed by atoms with Gasteiger partial charge in [0.15, 0.2) is 0 Å². The molecule has 0 radical (unpaired) electrons. The molecule has 2 rings (SSSR count). The first kappa shape index (κ1) is 15.7. The van der Waals surface area contributed by atoms with Crippen LogP contribution in [0.5, 0.6) is 0 Å². The lowest BCUT2D eigenvalue weighted by atomic mass is 10.4. The SMILES string of the molecule is CCn1nccc1CN(C)S(=O)(=O)c1ccsc1C(=O)O. The first-order chi connectivity index (χ1) is 9.87. The van der Waals surface area contributed by atoms with Crippen LogP contribution in [-0.4, -0.2) is 40.6 Å². The lowest BCUT2D eigenvalue weighted by Crippen LogP contribution is -2.28. The van der Waals surface area contributed by atoms with Gasteiger partial charge in [-0.1, -0.05) is 0 Å². The number of carboxylic acids is 1. The number of aromatic nitrogens is 2. The topological polar surface area (TPSA) is 92.5 Å². The highest BCUT2D eigenvalue weighted by molar-refractivity contribution is 7.89. The van der Waals surface area contributed by atoms with Gasteiger partial charge in [0.25, 0.3) is 0 Å². The number of rotatable bonds is 6. The van der Waals surface area contributed by atoms with Crippen molar-refractivity contribution in [3.63, 3.8) is 0 Å². The van der Waals surface area contributed by atoms with Crippen molar-refractivity contribution < 1.29 is 18.3 Å². The van der Waals surface area contributed by atoms with Gasteiger partial charge in [-0.05, 0) is 24.4 Å². The number of carboxylic acid groups (broad SMARTS) is 1. The van der Waals surface area contributed by atoms with Crippen LogP contribution in [0.3, 0.4) is 0 Å². The first-order valence-corrected chi connectivity index (χ1v) is 8.47. The summed E-state index contributed by atoms with van der Waals surface area (Å²) in [5.74, 6) is -1.24. The third-order valence-corrected chi connectivity index (χ3v) is 5.88. The monoisotopic (exact) mass is 329 g/mol. The highest BCUT2D eigenvalue weighted by Crippen LogP contribution is 2.25. The van der Waals surface area contributed by atoms with Gasteiger partial charge in [-0.2, -0.15) is 9.40 Å². The molecule has 0 spiro atoms. The lowest BCUT2D eigenvalue weighted by molar-refractivity contribution is 0.0698. The first-order valence-electron chi connectivity index (χ1n) is 6.15. The van der Waals surface area contributed by atoms with Crippen molar-refractivity contribution in [3.8, 4) is 0 Å². The number of sulfonamides is 1.